The van der Waals surface area contributed by atoms with Gasteiger partial charge in [0.1, 0.15) is 0 Å². The summed E-state index contributed by atoms with van der Waals surface area (Å²) in [7, 11) is 0. The van der Waals surface area contributed by atoms with E-state index in [2.05, 4.69) is 6.92 Å². The first-order valence-corrected chi connectivity index (χ1v) is 9.56. The van der Waals surface area contributed by atoms with E-state index < -0.39 is 0 Å². The van der Waals surface area contributed by atoms with Gasteiger partial charge in [0.15, 0.2) is 0 Å². The summed E-state index contributed by atoms with van der Waals surface area (Å²) in [6.45, 7) is 10.5. The number of likely N-dealkylation sites (tertiary alicyclic amines) is 2. The van der Waals surface area contributed by atoms with Crippen LogP contribution in [0.3, 0.4) is 0 Å². The fourth-order valence-corrected chi connectivity index (χ4v) is 4.01. The first-order valence-electron chi connectivity index (χ1n) is 9.56. The number of amides is 3. The van der Waals surface area contributed by atoms with Gasteiger partial charge >= 0.3 is 6.03 Å². The number of carbonyl (C=O) groups excluding carboxylic acids is 2. The average Bonchev–Trinajstić information content (AvgIpc) is 2.62. The zero-order valence-electron chi connectivity index (χ0n) is 15.9. The lowest BCUT2D eigenvalue weighted by molar-refractivity contribution is -0.141. The number of halogens is 1. The van der Waals surface area contributed by atoms with Gasteiger partial charge in [-0.1, -0.05) is 6.92 Å². The Morgan fingerprint density at radius 1 is 1.08 bits per heavy atom. The topological polar surface area (TPSA) is 69.9 Å². The van der Waals surface area contributed by atoms with Crippen molar-refractivity contribution in [1.29, 1.82) is 0 Å². The maximum atomic E-state index is 12.9. The molecule has 0 radical (unpaired) electrons. The van der Waals surface area contributed by atoms with Gasteiger partial charge in [0.2, 0.25) is 5.91 Å². The van der Waals surface area contributed by atoms with Crippen LogP contribution in [0, 0.1) is 11.8 Å². The molecule has 2 aliphatic heterocycles. The number of urea groups is 1. The highest BCUT2D eigenvalue weighted by Gasteiger charge is 2.35. The fraction of sp³-hybridized carbons (Fsp3) is 0.889. The minimum Gasteiger partial charge on any atom is -0.338 e. The summed E-state index contributed by atoms with van der Waals surface area (Å²) in [5.41, 5.74) is 5.90. The van der Waals surface area contributed by atoms with E-state index in [1.165, 1.54) is 0 Å². The highest BCUT2D eigenvalue weighted by molar-refractivity contribution is 5.85. The Kier molecular flexibility index (Phi) is 9.00. The Balaban J connectivity index is 0.00000312. The zero-order chi connectivity index (χ0) is 17.7. The summed E-state index contributed by atoms with van der Waals surface area (Å²) in [5.74, 6) is 0.955. The third-order valence-electron chi connectivity index (χ3n) is 5.68. The first-order chi connectivity index (χ1) is 11.5. The Hall–Kier alpha value is -1.01. The van der Waals surface area contributed by atoms with E-state index in [0.29, 0.717) is 25.6 Å². The number of hydrogen-bond donors (Lipinski definition) is 1. The molecule has 0 aromatic rings. The Bertz CT molecular complexity index is 437. The van der Waals surface area contributed by atoms with Crippen LogP contribution in [0.1, 0.15) is 46.5 Å². The summed E-state index contributed by atoms with van der Waals surface area (Å²) in [5, 5.41) is 0. The Morgan fingerprint density at radius 2 is 1.68 bits per heavy atom. The second-order valence-corrected chi connectivity index (χ2v) is 7.27. The van der Waals surface area contributed by atoms with Crippen LogP contribution in [-0.4, -0.2) is 71.9 Å². The van der Waals surface area contributed by atoms with Crippen LogP contribution in [0.2, 0.25) is 0 Å². The molecule has 2 saturated heterocycles. The molecule has 0 saturated carbocycles. The molecule has 0 spiro atoms. The third-order valence-corrected chi connectivity index (χ3v) is 5.68. The summed E-state index contributed by atoms with van der Waals surface area (Å²) >= 11 is 0. The molecule has 3 amide bonds. The minimum absolute atomic E-state index is 0. The highest BCUT2D eigenvalue weighted by Crippen LogP contribution is 2.27. The van der Waals surface area contributed by atoms with E-state index in [0.717, 1.165) is 45.3 Å². The van der Waals surface area contributed by atoms with Gasteiger partial charge in [-0.05, 0) is 45.4 Å². The van der Waals surface area contributed by atoms with Crippen LogP contribution in [0.5, 0.6) is 0 Å². The fourth-order valence-electron chi connectivity index (χ4n) is 4.01. The van der Waals surface area contributed by atoms with Crippen molar-refractivity contribution in [3.05, 3.63) is 0 Å². The lowest BCUT2D eigenvalue weighted by Crippen LogP contribution is -2.53. The molecule has 2 fully saturated rings. The molecule has 0 aromatic carbocycles. The molecule has 6 nitrogen and oxygen atoms in total. The van der Waals surface area contributed by atoms with Crippen molar-refractivity contribution in [2.75, 3.05) is 39.3 Å². The summed E-state index contributed by atoms with van der Waals surface area (Å²) < 4.78 is 0. The quantitative estimate of drug-likeness (QED) is 0.819. The molecule has 2 N–H and O–H groups in total. The van der Waals surface area contributed by atoms with Crippen LogP contribution in [0.15, 0.2) is 0 Å². The number of hydrogen-bond acceptors (Lipinski definition) is 3. The van der Waals surface area contributed by atoms with Crippen LogP contribution >= 0.6 is 12.4 Å². The van der Waals surface area contributed by atoms with Gasteiger partial charge in [0.25, 0.3) is 0 Å². The largest absolute Gasteiger partial charge is 0.338 e. The van der Waals surface area contributed by atoms with Gasteiger partial charge in [-0.2, -0.15) is 0 Å². The van der Waals surface area contributed by atoms with Crippen molar-refractivity contribution >= 4 is 24.3 Å². The predicted molar refractivity (Wildman–Crippen MR) is 103 cm³/mol. The van der Waals surface area contributed by atoms with E-state index in [4.69, 9.17) is 5.73 Å². The molecule has 7 heteroatoms. The lowest BCUT2D eigenvalue weighted by Gasteiger charge is -2.41. The van der Waals surface area contributed by atoms with E-state index in [9.17, 15) is 9.59 Å². The lowest BCUT2D eigenvalue weighted by atomic mass is 9.89. The van der Waals surface area contributed by atoms with E-state index >= 15 is 0 Å². The van der Waals surface area contributed by atoms with Gasteiger partial charge in [-0.25, -0.2) is 4.79 Å². The van der Waals surface area contributed by atoms with Crippen LogP contribution in [0.25, 0.3) is 0 Å². The highest BCUT2D eigenvalue weighted by atomic mass is 35.5. The normalized spacial score (nSPS) is 24.6. The first kappa shape index (κ1) is 22.0. The molecule has 0 aliphatic carbocycles. The van der Waals surface area contributed by atoms with Gasteiger partial charge in [-0.3, -0.25) is 4.79 Å². The van der Waals surface area contributed by atoms with E-state index in [1.807, 2.05) is 28.5 Å². The predicted octanol–water partition coefficient (Wildman–Crippen LogP) is 2.17. The second kappa shape index (κ2) is 10.2. The van der Waals surface area contributed by atoms with Crippen molar-refractivity contribution in [2.24, 2.45) is 17.6 Å². The van der Waals surface area contributed by atoms with Crippen LogP contribution in [0.4, 0.5) is 4.79 Å². The molecule has 146 valence electrons. The van der Waals surface area contributed by atoms with Gasteiger partial charge in [0.05, 0.1) is 0 Å². The van der Waals surface area contributed by atoms with Crippen molar-refractivity contribution < 1.29 is 9.59 Å². The molecule has 2 atom stereocenters. The molecule has 2 unspecified atom stereocenters. The van der Waals surface area contributed by atoms with Crippen LogP contribution in [-0.2, 0) is 4.79 Å². The number of rotatable bonds is 4. The number of nitrogens with zero attached hydrogens (tertiary/aromatic N) is 3. The summed E-state index contributed by atoms with van der Waals surface area (Å²) in [6.07, 6.45) is 3.63. The molecule has 2 rings (SSSR count). The second-order valence-electron chi connectivity index (χ2n) is 7.27. The number of piperidine rings is 2. The third kappa shape index (κ3) is 5.23. The van der Waals surface area contributed by atoms with Crippen molar-refractivity contribution in [1.82, 2.24) is 14.7 Å². The standard InChI is InChI=1S/C18H34N4O2.ClH/c1-4-20(5-2)18(24)21-9-7-15(8-10-21)17(23)22-11-6-14(3)12-16(22)13-19;/h14-16H,4-13,19H2,1-3H3;1H. The molecule has 0 bridgehead atoms. The van der Waals surface area contributed by atoms with Crippen molar-refractivity contribution in [3.8, 4) is 0 Å². The molecular weight excluding hydrogens is 340 g/mol. The maximum Gasteiger partial charge on any atom is 0.319 e. The molecular formula is C18H35ClN4O2. The van der Waals surface area contributed by atoms with Crippen molar-refractivity contribution in [2.45, 2.75) is 52.5 Å². The smallest absolute Gasteiger partial charge is 0.319 e. The summed E-state index contributed by atoms with van der Waals surface area (Å²) in [6, 6.07) is 0.300. The SMILES string of the molecule is CCN(CC)C(=O)N1CCC(C(=O)N2CCC(C)CC2CN)CC1.Cl. The van der Waals surface area contributed by atoms with Gasteiger partial charge < -0.3 is 20.4 Å². The van der Waals surface area contributed by atoms with E-state index in [-0.39, 0.29) is 36.3 Å². The van der Waals surface area contributed by atoms with Gasteiger partial charge in [-0.15, -0.1) is 12.4 Å². The Labute approximate surface area is 158 Å². The van der Waals surface area contributed by atoms with E-state index in [1.54, 1.807) is 0 Å². The zero-order valence-corrected chi connectivity index (χ0v) is 16.8. The summed E-state index contributed by atoms with van der Waals surface area (Å²) in [4.78, 5) is 31.1. The minimum atomic E-state index is 0. The molecule has 2 heterocycles. The number of carbonyl (C=O) groups is 2. The average molecular weight is 375 g/mol. The molecule has 25 heavy (non-hydrogen) atoms. The maximum absolute atomic E-state index is 12.9. The van der Waals surface area contributed by atoms with Crippen LogP contribution < -0.4 is 5.73 Å². The number of nitrogens with two attached hydrogens (primary N) is 1. The molecule has 0 aromatic heterocycles. The monoisotopic (exact) mass is 374 g/mol. The van der Waals surface area contributed by atoms with Gasteiger partial charge in [0, 0.05) is 51.2 Å². The van der Waals surface area contributed by atoms with Crippen molar-refractivity contribution in [3.63, 3.8) is 0 Å². The Morgan fingerprint density at radius 3 is 2.20 bits per heavy atom. The molecule has 2 aliphatic rings.